The first-order valence-corrected chi connectivity index (χ1v) is 11.8. The summed E-state index contributed by atoms with van der Waals surface area (Å²) in [7, 11) is 0. The summed E-state index contributed by atoms with van der Waals surface area (Å²) in [5, 5.41) is 4.32. The number of hydrogen-bond donors (Lipinski definition) is 0. The molecule has 1 saturated heterocycles. The number of aromatic nitrogens is 2. The smallest absolute Gasteiger partial charge is 0.222 e. The van der Waals surface area contributed by atoms with Crippen LogP contribution in [0, 0.1) is 5.92 Å². The van der Waals surface area contributed by atoms with Crippen LogP contribution in [0.3, 0.4) is 0 Å². The zero-order valence-corrected chi connectivity index (χ0v) is 19.5. The number of amides is 1. The summed E-state index contributed by atoms with van der Waals surface area (Å²) in [6.07, 6.45) is 14.8. The van der Waals surface area contributed by atoms with Crippen LogP contribution in [0.25, 0.3) is 0 Å². The van der Waals surface area contributed by atoms with Crippen LogP contribution in [-0.4, -0.2) is 39.5 Å². The van der Waals surface area contributed by atoms with E-state index in [0.29, 0.717) is 23.9 Å². The van der Waals surface area contributed by atoms with Gasteiger partial charge in [0, 0.05) is 25.7 Å². The van der Waals surface area contributed by atoms with Gasteiger partial charge in [0.2, 0.25) is 5.91 Å². The van der Waals surface area contributed by atoms with Gasteiger partial charge in [-0.1, -0.05) is 66.2 Å². The highest BCUT2D eigenvalue weighted by Gasteiger charge is 2.24. The van der Waals surface area contributed by atoms with Crippen LogP contribution in [0.1, 0.15) is 115 Å². The molecule has 0 saturated carbocycles. The Balaban J connectivity index is 0.00000204. The van der Waals surface area contributed by atoms with E-state index in [-0.39, 0.29) is 5.78 Å². The molecular formula is C24H43N3O2. The van der Waals surface area contributed by atoms with Crippen molar-refractivity contribution in [2.24, 2.45) is 5.92 Å². The molecule has 2 rings (SSSR count). The zero-order chi connectivity index (χ0) is 21.6. The van der Waals surface area contributed by atoms with Crippen molar-refractivity contribution in [3.63, 3.8) is 0 Å². The molecule has 0 bridgehead atoms. The molecule has 0 radical (unpaired) electrons. The van der Waals surface area contributed by atoms with Crippen LogP contribution in [0.4, 0.5) is 0 Å². The molecule has 0 aromatic carbocycles. The molecule has 0 spiro atoms. The number of unbranched alkanes of at least 4 members (excludes halogenated alkanes) is 5. The van der Waals surface area contributed by atoms with E-state index in [0.717, 1.165) is 38.3 Å². The first-order valence-electron chi connectivity index (χ1n) is 11.8. The van der Waals surface area contributed by atoms with Crippen LogP contribution in [0.5, 0.6) is 0 Å². The summed E-state index contributed by atoms with van der Waals surface area (Å²) in [4.78, 5) is 25.8. The molecule has 29 heavy (non-hydrogen) atoms. The Bertz CT molecular complexity index is 587. The third-order valence-electron chi connectivity index (χ3n) is 5.62. The number of Topliss-reactive ketones (excluding diaryl/α,β-unsaturated/α-hetero) is 1. The van der Waals surface area contributed by atoms with Gasteiger partial charge in [0.25, 0.3) is 0 Å². The van der Waals surface area contributed by atoms with E-state index in [1.165, 1.54) is 38.5 Å². The number of ketones is 1. The molecule has 1 aromatic heterocycles. The fraction of sp³-hybridized carbons (Fsp3) is 0.792. The lowest BCUT2D eigenvalue weighted by molar-refractivity contribution is -0.132. The number of likely N-dealkylation sites (tertiary alicyclic amines) is 1. The summed E-state index contributed by atoms with van der Waals surface area (Å²) in [5.74, 6) is 1.17. The van der Waals surface area contributed by atoms with E-state index >= 15 is 0 Å². The monoisotopic (exact) mass is 405 g/mol. The fourth-order valence-electron chi connectivity index (χ4n) is 3.79. The topological polar surface area (TPSA) is 55.2 Å². The van der Waals surface area contributed by atoms with Gasteiger partial charge in [-0.05, 0) is 32.1 Å². The Hall–Kier alpha value is -1.65. The molecule has 5 nitrogen and oxygen atoms in total. The molecule has 1 aromatic rings. The molecule has 1 aliphatic heterocycles. The molecule has 0 aliphatic carbocycles. The average Bonchev–Trinajstić information content (AvgIpc) is 3.22. The van der Waals surface area contributed by atoms with Crippen molar-refractivity contribution >= 4 is 11.7 Å². The molecule has 1 fully saturated rings. The number of piperidine rings is 1. The van der Waals surface area contributed by atoms with Gasteiger partial charge >= 0.3 is 0 Å². The van der Waals surface area contributed by atoms with Gasteiger partial charge in [-0.3, -0.25) is 14.3 Å². The van der Waals surface area contributed by atoms with Gasteiger partial charge in [-0.15, -0.1) is 0 Å². The fourth-order valence-corrected chi connectivity index (χ4v) is 3.79. The third-order valence-corrected chi connectivity index (χ3v) is 5.62. The minimum absolute atomic E-state index is 0.0498. The second kappa shape index (κ2) is 14.4. The maximum atomic E-state index is 12.4. The molecule has 2 heterocycles. The highest BCUT2D eigenvalue weighted by atomic mass is 16.2. The van der Waals surface area contributed by atoms with Crippen molar-refractivity contribution in [1.29, 1.82) is 0 Å². The van der Waals surface area contributed by atoms with Gasteiger partial charge in [0.15, 0.2) is 5.78 Å². The molecule has 1 aliphatic rings. The van der Waals surface area contributed by atoms with Crippen LogP contribution < -0.4 is 0 Å². The predicted molar refractivity (Wildman–Crippen MR) is 120 cm³/mol. The molecule has 0 N–H and O–H groups in total. The average molecular weight is 406 g/mol. The largest absolute Gasteiger partial charge is 0.343 e. The highest BCUT2D eigenvalue weighted by molar-refractivity contribution is 5.93. The van der Waals surface area contributed by atoms with E-state index in [9.17, 15) is 9.59 Å². The predicted octanol–water partition coefficient (Wildman–Crippen LogP) is 6.05. The number of hydrogen-bond acceptors (Lipinski definition) is 3. The second-order valence-electron chi connectivity index (χ2n) is 8.43. The van der Waals surface area contributed by atoms with Gasteiger partial charge < -0.3 is 4.90 Å². The number of carbonyl (C=O) groups is 2. The lowest BCUT2D eigenvalue weighted by Crippen LogP contribution is -2.39. The minimum Gasteiger partial charge on any atom is -0.343 e. The number of carbonyl (C=O) groups excluding carboxylic acids is 2. The summed E-state index contributed by atoms with van der Waals surface area (Å²) in [5.41, 5.74) is 0.665. The van der Waals surface area contributed by atoms with Crippen molar-refractivity contribution < 1.29 is 9.59 Å². The Morgan fingerprint density at radius 1 is 1.03 bits per heavy atom. The van der Waals surface area contributed by atoms with E-state index in [1.54, 1.807) is 13.1 Å². The SMILES string of the molecule is CC.CC(=O)c1cnn(C2CCN(C(=O)CCCCCCCCC(C)C)CC2)c1. The molecular weight excluding hydrogens is 362 g/mol. The summed E-state index contributed by atoms with van der Waals surface area (Å²) >= 11 is 0. The van der Waals surface area contributed by atoms with E-state index in [2.05, 4.69) is 18.9 Å². The normalized spacial score (nSPS) is 14.6. The zero-order valence-electron chi connectivity index (χ0n) is 19.5. The number of nitrogens with zero attached hydrogens (tertiary/aromatic N) is 3. The Morgan fingerprint density at radius 2 is 1.62 bits per heavy atom. The van der Waals surface area contributed by atoms with Crippen LogP contribution >= 0.6 is 0 Å². The first kappa shape index (κ1) is 25.4. The first-order chi connectivity index (χ1) is 14.0. The van der Waals surface area contributed by atoms with E-state index in [1.807, 2.05) is 29.6 Å². The maximum Gasteiger partial charge on any atom is 0.222 e. The van der Waals surface area contributed by atoms with Crippen molar-refractivity contribution in [2.45, 2.75) is 105 Å². The second-order valence-corrected chi connectivity index (χ2v) is 8.43. The van der Waals surface area contributed by atoms with Crippen LogP contribution in [0.2, 0.25) is 0 Å². The Labute approximate surface area is 178 Å². The summed E-state index contributed by atoms with van der Waals surface area (Å²) < 4.78 is 1.90. The molecule has 0 atom stereocenters. The molecule has 166 valence electrons. The standard InChI is InChI=1S/C22H37N3O2.C2H6/c1-18(2)10-8-6-4-5-7-9-11-22(27)24-14-12-21(13-15-24)25-17-20(16-23-25)19(3)26;1-2/h16-18,21H,4-15H2,1-3H3;1-2H3. The van der Waals surface area contributed by atoms with Crippen molar-refractivity contribution in [1.82, 2.24) is 14.7 Å². The molecule has 5 heteroatoms. The van der Waals surface area contributed by atoms with Crippen LogP contribution in [0.15, 0.2) is 12.4 Å². The van der Waals surface area contributed by atoms with E-state index in [4.69, 9.17) is 0 Å². The van der Waals surface area contributed by atoms with Crippen molar-refractivity contribution in [3.05, 3.63) is 18.0 Å². The van der Waals surface area contributed by atoms with E-state index < -0.39 is 0 Å². The molecule has 1 amide bonds. The third kappa shape index (κ3) is 9.60. The van der Waals surface area contributed by atoms with Crippen LogP contribution in [-0.2, 0) is 4.79 Å². The highest BCUT2D eigenvalue weighted by Crippen LogP contribution is 2.23. The Kier molecular flexibility index (Phi) is 12.6. The van der Waals surface area contributed by atoms with Gasteiger partial charge in [-0.2, -0.15) is 5.10 Å². The van der Waals surface area contributed by atoms with Gasteiger partial charge in [0.05, 0.1) is 17.8 Å². The summed E-state index contributed by atoms with van der Waals surface area (Å²) in [6, 6.07) is 0.299. The number of rotatable bonds is 11. The lowest BCUT2D eigenvalue weighted by atomic mass is 10.0. The minimum atomic E-state index is 0.0498. The maximum absolute atomic E-state index is 12.4. The van der Waals surface area contributed by atoms with Gasteiger partial charge in [0.1, 0.15) is 0 Å². The van der Waals surface area contributed by atoms with Crippen molar-refractivity contribution in [2.75, 3.05) is 13.1 Å². The Morgan fingerprint density at radius 3 is 2.17 bits per heavy atom. The van der Waals surface area contributed by atoms with Crippen molar-refractivity contribution in [3.8, 4) is 0 Å². The molecule has 0 unspecified atom stereocenters. The quantitative estimate of drug-likeness (QED) is 0.332. The summed E-state index contributed by atoms with van der Waals surface area (Å²) in [6.45, 7) is 11.7. The van der Waals surface area contributed by atoms with Gasteiger partial charge in [-0.25, -0.2) is 0 Å². The lowest BCUT2D eigenvalue weighted by Gasteiger charge is -2.32.